The van der Waals surface area contributed by atoms with E-state index in [1.54, 1.807) is 7.05 Å². The highest BCUT2D eigenvalue weighted by Crippen LogP contribution is 2.32. The summed E-state index contributed by atoms with van der Waals surface area (Å²) in [5, 5.41) is 68.4. The zero-order chi connectivity index (χ0) is 26.2. The Morgan fingerprint density at radius 1 is 0.914 bits per heavy atom. The van der Waals surface area contributed by atoms with E-state index in [0.717, 1.165) is 0 Å². The van der Waals surface area contributed by atoms with E-state index in [1.807, 2.05) is 0 Å². The van der Waals surface area contributed by atoms with Crippen molar-refractivity contribution in [1.29, 1.82) is 0 Å². The molecule has 0 bridgehead atoms. The van der Waals surface area contributed by atoms with Crippen LogP contribution in [-0.2, 0) is 18.9 Å². The molecule has 15 heteroatoms. The molecule has 3 rings (SSSR count). The van der Waals surface area contributed by atoms with Crippen molar-refractivity contribution in [3.8, 4) is 0 Å². The minimum atomic E-state index is -1.50. The predicted molar refractivity (Wildman–Crippen MR) is 119 cm³/mol. The minimum absolute atomic E-state index is 0.141. The molecule has 3 aliphatic rings. The summed E-state index contributed by atoms with van der Waals surface area (Å²) in [5.41, 5.74) is 16.9. The van der Waals surface area contributed by atoms with Gasteiger partial charge in [-0.1, -0.05) is 0 Å². The monoisotopic (exact) mass is 511 g/mol. The van der Waals surface area contributed by atoms with Crippen LogP contribution in [0, 0.1) is 0 Å². The van der Waals surface area contributed by atoms with Crippen molar-refractivity contribution < 1.29 is 49.6 Å². The number of nitrogens with two attached hydrogens (primary N) is 3. The molecular weight excluding hydrogens is 470 g/mol. The van der Waals surface area contributed by atoms with E-state index < -0.39 is 91.3 Å². The number of likely N-dealkylation sites (N-methyl/N-ethyl adjacent to an activating group) is 2. The SMILES string of the molecule is CNC(O)[C@H]1O[C@H](O[C@@H]2[C@@H](O)[C@H](O[C@H]3OCC(C)(O)[C@@H](NC)[C@H]3O)[C@@H](N)C[C@H]2N)[C@H](O)[C@@H](N)[C@@H]1O. The van der Waals surface area contributed by atoms with Crippen molar-refractivity contribution in [1.82, 2.24) is 10.6 Å². The molecule has 14 N–H and O–H groups in total. The first kappa shape index (κ1) is 29.0. The zero-order valence-electron chi connectivity index (χ0n) is 20.0. The fourth-order valence-corrected chi connectivity index (χ4v) is 4.97. The van der Waals surface area contributed by atoms with Gasteiger partial charge in [-0.3, -0.25) is 5.32 Å². The maximum absolute atomic E-state index is 11.1. The van der Waals surface area contributed by atoms with Crippen molar-refractivity contribution in [2.45, 2.75) is 105 Å². The van der Waals surface area contributed by atoms with Gasteiger partial charge in [-0.2, -0.15) is 0 Å². The van der Waals surface area contributed by atoms with Crippen LogP contribution in [0.1, 0.15) is 13.3 Å². The molecule has 35 heavy (non-hydrogen) atoms. The second-order valence-corrected chi connectivity index (χ2v) is 9.81. The average molecular weight is 512 g/mol. The number of hydrogen-bond donors (Lipinski definition) is 11. The number of hydrogen-bond acceptors (Lipinski definition) is 15. The van der Waals surface area contributed by atoms with Crippen LogP contribution < -0.4 is 27.8 Å². The molecule has 3 fully saturated rings. The highest BCUT2D eigenvalue weighted by Gasteiger charge is 2.52. The molecule has 0 spiro atoms. The molecule has 2 saturated heterocycles. The lowest BCUT2D eigenvalue weighted by Crippen LogP contribution is -2.70. The molecule has 0 aromatic rings. The van der Waals surface area contributed by atoms with Crippen molar-refractivity contribution in [2.75, 3.05) is 20.7 Å². The number of nitrogens with one attached hydrogen (secondary N) is 2. The van der Waals surface area contributed by atoms with E-state index in [0.29, 0.717) is 0 Å². The topological polar surface area (TPSA) is 260 Å². The molecule has 1 aliphatic carbocycles. The van der Waals surface area contributed by atoms with E-state index in [4.69, 9.17) is 36.1 Å². The van der Waals surface area contributed by atoms with Crippen molar-refractivity contribution in [2.24, 2.45) is 17.2 Å². The van der Waals surface area contributed by atoms with E-state index in [2.05, 4.69) is 10.6 Å². The largest absolute Gasteiger partial charge is 0.389 e. The van der Waals surface area contributed by atoms with Gasteiger partial charge in [0.1, 0.15) is 54.6 Å². The quantitative estimate of drug-likeness (QED) is 0.142. The van der Waals surface area contributed by atoms with Crippen molar-refractivity contribution in [3.63, 3.8) is 0 Å². The normalized spacial score (nSPS) is 52.3. The molecule has 0 aromatic carbocycles. The van der Waals surface area contributed by atoms with Gasteiger partial charge in [-0.25, -0.2) is 0 Å². The van der Waals surface area contributed by atoms with Gasteiger partial charge < -0.3 is 72.1 Å². The molecule has 2 heterocycles. The van der Waals surface area contributed by atoms with Crippen LogP contribution in [0.4, 0.5) is 0 Å². The van der Waals surface area contributed by atoms with E-state index in [9.17, 15) is 30.6 Å². The number of ether oxygens (including phenoxy) is 4. The van der Waals surface area contributed by atoms with Gasteiger partial charge >= 0.3 is 0 Å². The summed E-state index contributed by atoms with van der Waals surface area (Å²) < 4.78 is 22.7. The fourth-order valence-electron chi connectivity index (χ4n) is 4.97. The number of aliphatic hydroxyl groups is 6. The Labute approximate surface area is 203 Å². The standard InChI is InChI=1S/C20H41N5O10/c1-20(31)5-32-18(12(29)16(20)24-2)33-13-6(21)4-7(22)14(11(13)28)34-19-10(27)8(23)9(26)15(35-19)17(30)25-3/h6-19,24-31H,4-5,21-23H2,1-3H3/t6-,7+,8-,9-,10+,11-,12+,13+,14-,15-,16-,17?,18+,19-,20?/m0/s1. The van der Waals surface area contributed by atoms with Crippen LogP contribution in [0.5, 0.6) is 0 Å². The van der Waals surface area contributed by atoms with Crippen LogP contribution >= 0.6 is 0 Å². The van der Waals surface area contributed by atoms with Gasteiger partial charge in [0.05, 0.1) is 18.7 Å². The van der Waals surface area contributed by atoms with E-state index >= 15 is 0 Å². The highest BCUT2D eigenvalue weighted by atomic mass is 16.7. The second kappa shape index (κ2) is 11.4. The van der Waals surface area contributed by atoms with Crippen LogP contribution in [0.2, 0.25) is 0 Å². The molecule has 0 radical (unpaired) electrons. The van der Waals surface area contributed by atoms with Crippen LogP contribution in [-0.4, -0.2) is 143 Å². The van der Waals surface area contributed by atoms with Crippen LogP contribution in [0.15, 0.2) is 0 Å². The summed E-state index contributed by atoms with van der Waals surface area (Å²) in [7, 11) is 3.02. The zero-order valence-corrected chi connectivity index (χ0v) is 20.0. The first-order valence-electron chi connectivity index (χ1n) is 11.7. The lowest BCUT2D eigenvalue weighted by molar-refractivity contribution is -0.326. The lowest BCUT2D eigenvalue weighted by atomic mass is 9.84. The molecule has 1 saturated carbocycles. The summed E-state index contributed by atoms with van der Waals surface area (Å²) in [6.45, 7) is 1.36. The van der Waals surface area contributed by atoms with Gasteiger partial charge in [-0.15, -0.1) is 0 Å². The number of rotatable bonds is 7. The molecule has 0 amide bonds. The Kier molecular flexibility index (Phi) is 9.45. The van der Waals surface area contributed by atoms with Crippen LogP contribution in [0.25, 0.3) is 0 Å². The maximum atomic E-state index is 11.1. The molecular formula is C20H41N5O10. The fraction of sp³-hybridized carbons (Fsp3) is 1.00. The Bertz CT molecular complexity index is 695. The van der Waals surface area contributed by atoms with E-state index in [1.165, 1.54) is 14.0 Å². The van der Waals surface area contributed by atoms with Gasteiger partial charge in [0.15, 0.2) is 12.6 Å². The lowest BCUT2D eigenvalue weighted by Gasteiger charge is -2.49. The molecule has 2 unspecified atom stereocenters. The summed E-state index contributed by atoms with van der Waals surface area (Å²) in [6.07, 6.45) is -12.9. The summed E-state index contributed by atoms with van der Waals surface area (Å²) in [5.74, 6) is 0. The second-order valence-electron chi connectivity index (χ2n) is 9.81. The summed E-state index contributed by atoms with van der Waals surface area (Å²) in [6, 6.07) is -3.55. The Hall–Kier alpha value is -0.600. The average Bonchev–Trinajstić information content (AvgIpc) is 2.80. The van der Waals surface area contributed by atoms with E-state index in [-0.39, 0.29) is 13.0 Å². The molecule has 206 valence electrons. The molecule has 15 atom stereocenters. The molecule has 15 nitrogen and oxygen atoms in total. The summed E-state index contributed by atoms with van der Waals surface area (Å²) >= 11 is 0. The minimum Gasteiger partial charge on any atom is -0.389 e. The predicted octanol–water partition coefficient (Wildman–Crippen LogP) is -6.46. The molecule has 2 aliphatic heterocycles. The Morgan fingerprint density at radius 3 is 2.03 bits per heavy atom. The van der Waals surface area contributed by atoms with Crippen LogP contribution in [0.3, 0.4) is 0 Å². The summed E-state index contributed by atoms with van der Waals surface area (Å²) in [4.78, 5) is 0. The third-order valence-corrected chi connectivity index (χ3v) is 7.09. The Morgan fingerprint density at radius 2 is 1.49 bits per heavy atom. The van der Waals surface area contributed by atoms with Gasteiger partial charge in [0.2, 0.25) is 0 Å². The smallest absolute Gasteiger partial charge is 0.186 e. The van der Waals surface area contributed by atoms with Crippen molar-refractivity contribution >= 4 is 0 Å². The third kappa shape index (κ3) is 5.79. The first-order chi connectivity index (χ1) is 16.3. The van der Waals surface area contributed by atoms with Gasteiger partial charge in [0, 0.05) is 12.1 Å². The maximum Gasteiger partial charge on any atom is 0.186 e. The third-order valence-electron chi connectivity index (χ3n) is 7.09. The highest BCUT2D eigenvalue weighted by molar-refractivity contribution is 5.02. The van der Waals surface area contributed by atoms with Crippen molar-refractivity contribution in [3.05, 3.63) is 0 Å². The first-order valence-corrected chi connectivity index (χ1v) is 11.7. The number of aliphatic hydroxyl groups excluding tert-OH is 5. The van der Waals surface area contributed by atoms with Gasteiger partial charge in [0.25, 0.3) is 0 Å². The van der Waals surface area contributed by atoms with Gasteiger partial charge in [-0.05, 0) is 27.4 Å². The molecule has 0 aromatic heterocycles. The Balaban J connectivity index is 1.73.